The first-order valence-corrected chi connectivity index (χ1v) is 5.53. The Labute approximate surface area is 89.4 Å². The molecule has 1 aromatic heterocycles. The Morgan fingerprint density at radius 3 is 2.71 bits per heavy atom. The van der Waals surface area contributed by atoms with E-state index in [1.807, 2.05) is 0 Å². The van der Waals surface area contributed by atoms with E-state index >= 15 is 0 Å². The molecule has 14 heavy (non-hydrogen) atoms. The van der Waals surface area contributed by atoms with Crippen molar-refractivity contribution in [1.82, 2.24) is 19.4 Å². The Morgan fingerprint density at radius 1 is 1.36 bits per heavy atom. The van der Waals surface area contributed by atoms with Crippen LogP contribution >= 0.6 is 11.7 Å². The van der Waals surface area contributed by atoms with Gasteiger partial charge in [-0.3, -0.25) is 0 Å². The molecule has 1 rings (SSSR count). The van der Waals surface area contributed by atoms with E-state index in [4.69, 9.17) is 0 Å². The molecule has 0 atom stereocenters. The molecule has 0 amide bonds. The molecule has 0 bridgehead atoms. The minimum atomic E-state index is 0.198. The van der Waals surface area contributed by atoms with E-state index in [2.05, 4.69) is 40.2 Å². The normalized spacial score (nSPS) is 11.9. The molecule has 0 unspecified atom stereocenters. The third-order valence-electron chi connectivity index (χ3n) is 1.67. The van der Waals surface area contributed by atoms with Crippen molar-refractivity contribution in [3.8, 4) is 0 Å². The lowest BCUT2D eigenvalue weighted by Gasteiger charge is -2.20. The Balaban J connectivity index is 2.00. The summed E-state index contributed by atoms with van der Waals surface area (Å²) in [6, 6.07) is 0. The average Bonchev–Trinajstić information content (AvgIpc) is 2.54. The number of hydrogen-bond donors (Lipinski definition) is 2. The van der Waals surface area contributed by atoms with Gasteiger partial charge >= 0.3 is 0 Å². The molecule has 5 heteroatoms. The van der Waals surface area contributed by atoms with Crippen molar-refractivity contribution in [3.63, 3.8) is 0 Å². The van der Waals surface area contributed by atoms with Gasteiger partial charge in [0, 0.05) is 25.2 Å². The van der Waals surface area contributed by atoms with Gasteiger partial charge in [-0.05, 0) is 20.8 Å². The highest BCUT2D eigenvalue weighted by molar-refractivity contribution is 6.99. The molecule has 1 heterocycles. The number of hydrogen-bond acceptors (Lipinski definition) is 5. The van der Waals surface area contributed by atoms with E-state index in [-0.39, 0.29) is 5.54 Å². The van der Waals surface area contributed by atoms with Crippen molar-refractivity contribution in [2.75, 3.05) is 13.1 Å². The Bertz CT molecular complexity index is 240. The van der Waals surface area contributed by atoms with Crippen LogP contribution in [0.15, 0.2) is 6.20 Å². The fraction of sp³-hybridized carbons (Fsp3) is 0.778. The maximum absolute atomic E-state index is 4.11. The van der Waals surface area contributed by atoms with Gasteiger partial charge in [0.1, 0.15) is 0 Å². The molecule has 0 spiro atoms. The van der Waals surface area contributed by atoms with E-state index in [0.717, 1.165) is 25.3 Å². The van der Waals surface area contributed by atoms with Crippen molar-refractivity contribution in [1.29, 1.82) is 0 Å². The van der Waals surface area contributed by atoms with Gasteiger partial charge < -0.3 is 10.6 Å². The number of aromatic nitrogens is 2. The van der Waals surface area contributed by atoms with Crippen LogP contribution in [0, 0.1) is 0 Å². The molecule has 0 saturated carbocycles. The fourth-order valence-electron chi connectivity index (χ4n) is 1.00. The van der Waals surface area contributed by atoms with Crippen LogP contribution in [-0.2, 0) is 6.54 Å². The molecule has 0 aliphatic rings. The summed E-state index contributed by atoms with van der Waals surface area (Å²) in [5.74, 6) is 0. The molecule has 0 fully saturated rings. The summed E-state index contributed by atoms with van der Waals surface area (Å²) in [5, 5.41) is 6.71. The van der Waals surface area contributed by atoms with Gasteiger partial charge in [-0.15, -0.1) is 0 Å². The summed E-state index contributed by atoms with van der Waals surface area (Å²) >= 11 is 1.25. The van der Waals surface area contributed by atoms with Gasteiger partial charge in [0.05, 0.1) is 23.6 Å². The van der Waals surface area contributed by atoms with Crippen LogP contribution in [0.1, 0.15) is 26.5 Å². The zero-order valence-electron chi connectivity index (χ0n) is 9.00. The molecular formula is C9H18N4S. The summed E-state index contributed by atoms with van der Waals surface area (Å²) in [6.45, 7) is 9.23. The maximum atomic E-state index is 4.11. The van der Waals surface area contributed by atoms with E-state index in [0.29, 0.717) is 0 Å². The van der Waals surface area contributed by atoms with Gasteiger partial charge in [-0.2, -0.15) is 8.75 Å². The summed E-state index contributed by atoms with van der Waals surface area (Å²) in [6.07, 6.45) is 1.80. The minimum absolute atomic E-state index is 0.198. The molecule has 4 nitrogen and oxygen atoms in total. The zero-order valence-corrected chi connectivity index (χ0v) is 9.82. The number of nitrogens with zero attached hydrogens (tertiary/aromatic N) is 2. The number of rotatable bonds is 5. The van der Waals surface area contributed by atoms with Gasteiger partial charge in [0.25, 0.3) is 0 Å². The van der Waals surface area contributed by atoms with Crippen molar-refractivity contribution in [3.05, 3.63) is 11.9 Å². The highest BCUT2D eigenvalue weighted by Crippen LogP contribution is 1.96. The lowest BCUT2D eigenvalue weighted by Crippen LogP contribution is -2.40. The predicted octanol–water partition coefficient (Wildman–Crippen LogP) is 1.02. The first kappa shape index (κ1) is 11.6. The largest absolute Gasteiger partial charge is 0.311 e. The molecule has 0 saturated heterocycles. The highest BCUT2D eigenvalue weighted by Gasteiger charge is 2.06. The van der Waals surface area contributed by atoms with Crippen molar-refractivity contribution >= 4 is 11.7 Å². The third-order valence-corrected chi connectivity index (χ3v) is 2.19. The van der Waals surface area contributed by atoms with E-state index in [9.17, 15) is 0 Å². The Hall–Kier alpha value is -0.520. The SMILES string of the molecule is CC(C)(C)NCCNCc1cnsn1. The van der Waals surface area contributed by atoms with Gasteiger partial charge in [0.2, 0.25) is 0 Å². The Kier molecular flexibility index (Phi) is 4.44. The first-order valence-electron chi connectivity index (χ1n) is 4.80. The maximum Gasteiger partial charge on any atom is 0.0880 e. The van der Waals surface area contributed by atoms with Crippen LogP contribution in [0.4, 0.5) is 0 Å². The standard InChI is InChI=1S/C9H18N4S/c1-9(2,3)11-5-4-10-6-8-7-12-14-13-8/h7,10-11H,4-6H2,1-3H3. The third kappa shape index (κ3) is 5.26. The molecule has 2 N–H and O–H groups in total. The topological polar surface area (TPSA) is 49.8 Å². The predicted molar refractivity (Wildman–Crippen MR) is 59.4 cm³/mol. The highest BCUT2D eigenvalue weighted by atomic mass is 32.1. The van der Waals surface area contributed by atoms with Gasteiger partial charge in [-0.25, -0.2) is 0 Å². The monoisotopic (exact) mass is 214 g/mol. The second-order valence-electron chi connectivity index (χ2n) is 4.25. The van der Waals surface area contributed by atoms with Crippen molar-refractivity contribution in [2.24, 2.45) is 0 Å². The van der Waals surface area contributed by atoms with Crippen LogP contribution in [0.5, 0.6) is 0 Å². The molecule has 0 aliphatic heterocycles. The first-order chi connectivity index (χ1) is 6.58. The quantitative estimate of drug-likeness (QED) is 0.718. The average molecular weight is 214 g/mol. The van der Waals surface area contributed by atoms with E-state index < -0.39 is 0 Å². The molecule has 1 aromatic rings. The van der Waals surface area contributed by atoms with Gasteiger partial charge in [-0.1, -0.05) is 0 Å². The van der Waals surface area contributed by atoms with Crippen molar-refractivity contribution in [2.45, 2.75) is 32.9 Å². The van der Waals surface area contributed by atoms with E-state index in [1.54, 1.807) is 6.20 Å². The van der Waals surface area contributed by atoms with E-state index in [1.165, 1.54) is 11.7 Å². The lowest BCUT2D eigenvalue weighted by atomic mass is 10.1. The Morgan fingerprint density at radius 2 is 2.14 bits per heavy atom. The molecular weight excluding hydrogens is 196 g/mol. The van der Waals surface area contributed by atoms with Crippen LogP contribution in [0.25, 0.3) is 0 Å². The molecule has 0 aliphatic carbocycles. The number of nitrogens with one attached hydrogen (secondary N) is 2. The van der Waals surface area contributed by atoms with Crippen molar-refractivity contribution < 1.29 is 0 Å². The van der Waals surface area contributed by atoms with Crippen LogP contribution in [-0.4, -0.2) is 27.4 Å². The fourth-order valence-corrected chi connectivity index (χ4v) is 1.44. The molecule has 0 radical (unpaired) electrons. The van der Waals surface area contributed by atoms with Gasteiger partial charge in [0.15, 0.2) is 0 Å². The van der Waals surface area contributed by atoms with Crippen LogP contribution < -0.4 is 10.6 Å². The summed E-state index contributed by atoms with van der Waals surface area (Å²) in [7, 11) is 0. The summed E-state index contributed by atoms with van der Waals surface area (Å²) < 4.78 is 8.05. The lowest BCUT2D eigenvalue weighted by molar-refractivity contribution is 0.421. The zero-order chi connectivity index (χ0) is 10.4. The summed E-state index contributed by atoms with van der Waals surface area (Å²) in [5.41, 5.74) is 1.22. The molecule has 0 aromatic carbocycles. The summed E-state index contributed by atoms with van der Waals surface area (Å²) in [4.78, 5) is 0. The smallest absolute Gasteiger partial charge is 0.0880 e. The van der Waals surface area contributed by atoms with Crippen LogP contribution in [0.2, 0.25) is 0 Å². The second kappa shape index (κ2) is 5.38. The van der Waals surface area contributed by atoms with Crippen LogP contribution in [0.3, 0.4) is 0 Å². The minimum Gasteiger partial charge on any atom is -0.311 e. The molecule has 80 valence electrons. The second-order valence-corrected chi connectivity index (χ2v) is 4.81.